The van der Waals surface area contributed by atoms with Crippen molar-refractivity contribution in [3.8, 4) is 0 Å². The van der Waals surface area contributed by atoms with Crippen molar-refractivity contribution in [2.75, 3.05) is 6.54 Å². The molecule has 2 aliphatic rings. The summed E-state index contributed by atoms with van der Waals surface area (Å²) in [6.45, 7) is 4.41. The van der Waals surface area contributed by atoms with Gasteiger partial charge in [-0.25, -0.2) is 4.79 Å². The van der Waals surface area contributed by atoms with Crippen LogP contribution in [0.4, 0.5) is 4.79 Å². The molecule has 4 rings (SSSR count). The van der Waals surface area contributed by atoms with Gasteiger partial charge >= 0.3 is 6.03 Å². The van der Waals surface area contributed by atoms with Gasteiger partial charge in [0.05, 0.1) is 13.1 Å². The fourth-order valence-electron chi connectivity index (χ4n) is 4.43. The van der Waals surface area contributed by atoms with Crippen LogP contribution in [0.3, 0.4) is 0 Å². The van der Waals surface area contributed by atoms with Gasteiger partial charge in [-0.1, -0.05) is 25.3 Å². The molecule has 7 heteroatoms. The number of Topliss-reactive ketones (excluding diaryl/α,β-unsaturated/α-hetero) is 1. The van der Waals surface area contributed by atoms with Crippen molar-refractivity contribution in [3.05, 3.63) is 45.4 Å². The molecule has 1 saturated heterocycles. The second-order valence-electron chi connectivity index (χ2n) is 7.84. The van der Waals surface area contributed by atoms with Gasteiger partial charge in [-0.3, -0.25) is 14.5 Å². The molecule has 1 saturated carbocycles. The van der Waals surface area contributed by atoms with E-state index in [1.165, 1.54) is 4.88 Å². The number of amides is 3. The van der Waals surface area contributed by atoms with E-state index in [0.29, 0.717) is 18.4 Å². The van der Waals surface area contributed by atoms with Crippen LogP contribution in [0, 0.1) is 13.8 Å². The number of aryl methyl sites for hydroxylation is 1. The van der Waals surface area contributed by atoms with E-state index < -0.39 is 11.6 Å². The summed E-state index contributed by atoms with van der Waals surface area (Å²) >= 11 is 1.68. The lowest BCUT2D eigenvalue weighted by atomic mass is 9.82. The van der Waals surface area contributed by atoms with Gasteiger partial charge in [-0.2, -0.15) is 0 Å². The van der Waals surface area contributed by atoms with E-state index in [-0.39, 0.29) is 18.2 Å². The Bertz CT molecular complexity index is 923. The number of thiophene rings is 1. The summed E-state index contributed by atoms with van der Waals surface area (Å²) in [6, 6.07) is 5.51. The molecule has 0 bridgehead atoms. The second-order valence-corrected chi connectivity index (χ2v) is 8.87. The number of urea groups is 1. The van der Waals surface area contributed by atoms with Gasteiger partial charge < -0.3 is 9.88 Å². The molecule has 2 aromatic rings. The number of ketones is 1. The zero-order chi connectivity index (χ0) is 19.9. The predicted molar refractivity (Wildman–Crippen MR) is 108 cm³/mol. The highest BCUT2D eigenvalue weighted by atomic mass is 32.1. The first-order chi connectivity index (χ1) is 13.4. The Labute approximate surface area is 168 Å². The lowest BCUT2D eigenvalue weighted by Gasteiger charge is -2.30. The van der Waals surface area contributed by atoms with E-state index in [9.17, 15) is 14.4 Å². The monoisotopic (exact) mass is 399 g/mol. The summed E-state index contributed by atoms with van der Waals surface area (Å²) in [5.74, 6) is -0.431. The van der Waals surface area contributed by atoms with Crippen molar-refractivity contribution >= 4 is 29.1 Å². The Morgan fingerprint density at radius 3 is 2.64 bits per heavy atom. The number of rotatable bonds is 5. The first-order valence-corrected chi connectivity index (χ1v) is 10.7. The van der Waals surface area contributed by atoms with Gasteiger partial charge in [0.25, 0.3) is 5.91 Å². The number of aromatic nitrogens is 1. The van der Waals surface area contributed by atoms with Crippen molar-refractivity contribution in [1.82, 2.24) is 14.8 Å². The van der Waals surface area contributed by atoms with Gasteiger partial charge in [-0.05, 0) is 44.2 Å². The molecule has 0 aromatic carbocycles. The fraction of sp³-hybridized carbons (Fsp3) is 0.476. The van der Waals surface area contributed by atoms with Crippen LogP contribution in [0.1, 0.15) is 58.7 Å². The predicted octanol–water partition coefficient (Wildman–Crippen LogP) is 3.65. The zero-order valence-corrected chi connectivity index (χ0v) is 17.1. The van der Waals surface area contributed by atoms with Crippen LogP contribution < -0.4 is 5.32 Å². The van der Waals surface area contributed by atoms with Crippen molar-refractivity contribution in [3.63, 3.8) is 0 Å². The Kier molecular flexibility index (Phi) is 4.87. The highest BCUT2D eigenvalue weighted by Crippen LogP contribution is 2.33. The first kappa shape index (κ1) is 18.9. The first-order valence-electron chi connectivity index (χ1n) is 9.78. The van der Waals surface area contributed by atoms with E-state index in [1.54, 1.807) is 11.3 Å². The lowest BCUT2D eigenvalue weighted by molar-refractivity contribution is -0.132. The third kappa shape index (κ3) is 3.17. The number of nitrogens with one attached hydrogen (secondary N) is 1. The summed E-state index contributed by atoms with van der Waals surface area (Å²) in [4.78, 5) is 40.6. The maximum absolute atomic E-state index is 13.0. The Morgan fingerprint density at radius 1 is 1.21 bits per heavy atom. The molecule has 2 aromatic heterocycles. The van der Waals surface area contributed by atoms with Crippen LogP contribution in [0.5, 0.6) is 0 Å². The van der Waals surface area contributed by atoms with Crippen molar-refractivity contribution in [1.29, 1.82) is 0 Å². The van der Waals surface area contributed by atoms with Crippen LogP contribution >= 0.6 is 11.3 Å². The van der Waals surface area contributed by atoms with Crippen LogP contribution in [0.25, 0.3) is 0 Å². The van der Waals surface area contributed by atoms with E-state index in [4.69, 9.17) is 0 Å². The van der Waals surface area contributed by atoms with Crippen LogP contribution in [-0.4, -0.2) is 39.3 Å². The maximum Gasteiger partial charge on any atom is 0.325 e. The molecule has 0 atom stereocenters. The molecule has 0 radical (unpaired) electrons. The quantitative estimate of drug-likeness (QED) is 0.616. The number of carbonyl (C=O) groups is 3. The minimum Gasteiger partial charge on any atom is -0.343 e. The van der Waals surface area contributed by atoms with Crippen LogP contribution in [-0.2, 0) is 11.3 Å². The minimum absolute atomic E-state index is 0.193. The summed E-state index contributed by atoms with van der Waals surface area (Å²) in [5.41, 5.74) is 1.66. The van der Waals surface area contributed by atoms with Gasteiger partial charge in [0.15, 0.2) is 5.78 Å². The summed E-state index contributed by atoms with van der Waals surface area (Å²) < 4.78 is 2.10. The molecule has 1 spiro atoms. The standard InChI is InChI=1S/C21H25N3O3S/c1-14-11-17(15(2)23(14)12-16-7-6-10-28-16)18(25)13-24-19(26)21(22-20(24)27)8-4-3-5-9-21/h6-7,10-11H,3-5,8-9,12-13H2,1-2H3,(H,22,27). The average Bonchev–Trinajstić information content (AvgIpc) is 3.34. The van der Waals surface area contributed by atoms with Crippen LogP contribution in [0.15, 0.2) is 23.6 Å². The number of imide groups is 1. The average molecular weight is 400 g/mol. The van der Waals surface area contributed by atoms with E-state index >= 15 is 0 Å². The Balaban J connectivity index is 1.52. The molecular weight excluding hydrogens is 374 g/mol. The summed E-state index contributed by atoms with van der Waals surface area (Å²) in [5, 5.41) is 4.90. The van der Waals surface area contributed by atoms with Crippen molar-refractivity contribution < 1.29 is 14.4 Å². The van der Waals surface area contributed by atoms with Crippen molar-refractivity contribution in [2.45, 2.75) is 58.0 Å². The lowest BCUT2D eigenvalue weighted by Crippen LogP contribution is -2.48. The molecule has 0 unspecified atom stereocenters. The highest BCUT2D eigenvalue weighted by Gasteiger charge is 2.51. The van der Waals surface area contributed by atoms with Gasteiger partial charge in [-0.15, -0.1) is 11.3 Å². The molecular formula is C21H25N3O3S. The molecule has 6 nitrogen and oxygen atoms in total. The minimum atomic E-state index is -0.786. The van der Waals surface area contributed by atoms with Gasteiger partial charge in [0.1, 0.15) is 5.54 Å². The molecule has 2 fully saturated rings. The topological polar surface area (TPSA) is 71.4 Å². The second kappa shape index (κ2) is 7.20. The van der Waals surface area contributed by atoms with E-state index in [1.807, 2.05) is 31.4 Å². The molecule has 28 heavy (non-hydrogen) atoms. The Morgan fingerprint density at radius 2 is 1.96 bits per heavy atom. The molecule has 148 valence electrons. The smallest absolute Gasteiger partial charge is 0.325 e. The molecule has 1 aliphatic heterocycles. The van der Waals surface area contributed by atoms with Crippen LogP contribution in [0.2, 0.25) is 0 Å². The fourth-order valence-corrected chi connectivity index (χ4v) is 5.12. The number of hydrogen-bond acceptors (Lipinski definition) is 4. The third-order valence-corrected chi connectivity index (χ3v) is 6.88. The third-order valence-electron chi connectivity index (χ3n) is 6.02. The molecule has 1 aliphatic carbocycles. The Hall–Kier alpha value is -2.41. The zero-order valence-electron chi connectivity index (χ0n) is 16.3. The van der Waals surface area contributed by atoms with Gasteiger partial charge in [0, 0.05) is 21.8 Å². The number of nitrogens with zero attached hydrogens (tertiary/aromatic N) is 2. The molecule has 3 heterocycles. The molecule has 1 N–H and O–H groups in total. The summed E-state index contributed by atoms with van der Waals surface area (Å²) in [7, 11) is 0. The maximum atomic E-state index is 13.0. The highest BCUT2D eigenvalue weighted by molar-refractivity contribution is 7.09. The van der Waals surface area contributed by atoms with E-state index in [0.717, 1.165) is 42.1 Å². The SMILES string of the molecule is Cc1cc(C(=O)CN2C(=O)NC3(CCCCC3)C2=O)c(C)n1Cc1cccs1. The molecule has 3 amide bonds. The van der Waals surface area contributed by atoms with Crippen molar-refractivity contribution in [2.24, 2.45) is 0 Å². The van der Waals surface area contributed by atoms with Gasteiger partial charge in [0.2, 0.25) is 0 Å². The van der Waals surface area contributed by atoms with E-state index in [2.05, 4.69) is 16.0 Å². The summed E-state index contributed by atoms with van der Waals surface area (Å²) in [6.07, 6.45) is 4.27. The number of carbonyl (C=O) groups excluding carboxylic acids is 3. The largest absolute Gasteiger partial charge is 0.343 e. The number of hydrogen-bond donors (Lipinski definition) is 1. The normalized spacial score (nSPS) is 18.7.